The Morgan fingerprint density at radius 1 is 1.10 bits per heavy atom. The molecule has 2 aromatic rings. The van der Waals surface area contributed by atoms with Crippen molar-refractivity contribution in [1.29, 1.82) is 0 Å². The van der Waals surface area contributed by atoms with Crippen LogP contribution in [0.15, 0.2) is 36.4 Å². The molecule has 2 saturated heterocycles. The van der Waals surface area contributed by atoms with Crippen molar-refractivity contribution >= 4 is 28.3 Å². The number of carbonyl (C=O) groups is 2. The number of nitrogens with zero attached hydrogens (tertiary/aromatic N) is 2. The second kappa shape index (κ2) is 7.76. The van der Waals surface area contributed by atoms with E-state index in [1.165, 1.54) is 0 Å². The molecule has 2 amide bonds. The highest BCUT2D eigenvalue weighted by Gasteiger charge is 2.32. The van der Waals surface area contributed by atoms with Crippen molar-refractivity contribution in [2.24, 2.45) is 5.92 Å². The summed E-state index contributed by atoms with van der Waals surface area (Å²) in [7, 11) is 0. The molecular formula is C23H27N3O3. The summed E-state index contributed by atoms with van der Waals surface area (Å²) in [6, 6.07) is 12.0. The van der Waals surface area contributed by atoms with Crippen LogP contribution in [0.2, 0.25) is 0 Å². The zero-order valence-electron chi connectivity index (χ0n) is 16.6. The molecule has 1 atom stereocenters. The minimum atomic E-state index is 0.0579. The molecule has 0 bridgehead atoms. The summed E-state index contributed by atoms with van der Waals surface area (Å²) in [6.07, 6.45) is 3.97. The second-order valence-electron chi connectivity index (χ2n) is 8.33. The van der Waals surface area contributed by atoms with Crippen LogP contribution >= 0.6 is 0 Å². The fraction of sp³-hybridized carbons (Fsp3) is 0.478. The molecular weight excluding hydrogens is 366 g/mol. The molecule has 3 heterocycles. The van der Waals surface area contributed by atoms with E-state index in [0.717, 1.165) is 67.4 Å². The molecule has 3 aliphatic heterocycles. The van der Waals surface area contributed by atoms with Crippen LogP contribution in [-0.2, 0) is 9.53 Å². The van der Waals surface area contributed by atoms with E-state index in [0.29, 0.717) is 13.2 Å². The summed E-state index contributed by atoms with van der Waals surface area (Å²) >= 11 is 0. The van der Waals surface area contributed by atoms with Crippen LogP contribution in [0, 0.1) is 5.92 Å². The molecule has 152 valence electrons. The first-order valence-corrected chi connectivity index (χ1v) is 10.7. The van der Waals surface area contributed by atoms with Crippen molar-refractivity contribution < 1.29 is 14.3 Å². The maximum atomic E-state index is 13.0. The van der Waals surface area contributed by atoms with Crippen molar-refractivity contribution in [2.45, 2.75) is 31.8 Å². The molecule has 3 aliphatic rings. The van der Waals surface area contributed by atoms with E-state index in [2.05, 4.69) is 22.3 Å². The van der Waals surface area contributed by atoms with Crippen LogP contribution in [-0.4, -0.2) is 55.7 Å². The number of piperidine rings is 1. The van der Waals surface area contributed by atoms with Crippen LogP contribution in [0.5, 0.6) is 0 Å². The van der Waals surface area contributed by atoms with Crippen LogP contribution in [0.1, 0.15) is 36.0 Å². The SMILES string of the molecule is O=C(NC[C@@H]1CCCO1)C1CCN(CN2C(=O)c3cccc4cccc2c34)CC1. The Morgan fingerprint density at radius 2 is 1.90 bits per heavy atom. The molecule has 1 N–H and O–H groups in total. The highest BCUT2D eigenvalue weighted by Crippen LogP contribution is 2.37. The molecule has 6 heteroatoms. The highest BCUT2D eigenvalue weighted by atomic mass is 16.5. The van der Waals surface area contributed by atoms with Gasteiger partial charge < -0.3 is 10.1 Å². The molecule has 0 spiro atoms. The molecule has 0 saturated carbocycles. The van der Waals surface area contributed by atoms with Gasteiger partial charge in [-0.2, -0.15) is 0 Å². The van der Waals surface area contributed by atoms with Gasteiger partial charge in [0.1, 0.15) is 0 Å². The van der Waals surface area contributed by atoms with E-state index >= 15 is 0 Å². The number of ether oxygens (including phenoxy) is 1. The number of amides is 2. The Bertz CT molecular complexity index is 925. The lowest BCUT2D eigenvalue weighted by Crippen LogP contribution is -2.46. The van der Waals surface area contributed by atoms with Gasteiger partial charge in [-0.3, -0.25) is 19.4 Å². The summed E-state index contributed by atoms with van der Waals surface area (Å²) in [4.78, 5) is 29.6. The van der Waals surface area contributed by atoms with E-state index in [9.17, 15) is 9.59 Å². The lowest BCUT2D eigenvalue weighted by atomic mass is 9.96. The van der Waals surface area contributed by atoms with Gasteiger partial charge in [0.05, 0.1) is 18.5 Å². The molecule has 2 fully saturated rings. The van der Waals surface area contributed by atoms with Crippen molar-refractivity contribution in [3.63, 3.8) is 0 Å². The fourth-order valence-electron chi connectivity index (χ4n) is 4.82. The Kier molecular flexibility index (Phi) is 4.97. The van der Waals surface area contributed by atoms with Crippen LogP contribution in [0.3, 0.4) is 0 Å². The van der Waals surface area contributed by atoms with Crippen LogP contribution in [0.25, 0.3) is 10.8 Å². The maximum absolute atomic E-state index is 13.0. The third-order valence-electron chi connectivity index (χ3n) is 6.48. The standard InChI is InChI=1S/C23H27N3O3/c27-22(24-14-18-6-3-13-29-18)17-9-11-25(12-10-17)15-26-20-8-2-5-16-4-1-7-19(21(16)20)23(26)28/h1-2,4-5,7-8,17-18H,3,6,9-15H2,(H,24,27)/t18-/m0/s1. The Labute approximate surface area is 170 Å². The monoisotopic (exact) mass is 393 g/mol. The number of benzene rings is 2. The molecule has 0 aromatic heterocycles. The van der Waals surface area contributed by atoms with Gasteiger partial charge in [-0.15, -0.1) is 0 Å². The Balaban J connectivity index is 1.18. The Hall–Kier alpha value is -2.44. The summed E-state index contributed by atoms with van der Waals surface area (Å²) in [6.45, 7) is 3.68. The molecule has 6 nitrogen and oxygen atoms in total. The number of likely N-dealkylation sites (tertiary alicyclic amines) is 1. The largest absolute Gasteiger partial charge is 0.376 e. The summed E-state index contributed by atoms with van der Waals surface area (Å²) in [5, 5.41) is 5.23. The molecule has 0 radical (unpaired) electrons. The molecule has 2 aromatic carbocycles. The van der Waals surface area contributed by atoms with Crippen molar-refractivity contribution in [1.82, 2.24) is 10.2 Å². The number of anilines is 1. The molecule has 0 unspecified atom stereocenters. The van der Waals surface area contributed by atoms with Crippen molar-refractivity contribution in [3.8, 4) is 0 Å². The normalized spacial score (nSPS) is 22.6. The topological polar surface area (TPSA) is 61.9 Å². The first-order valence-electron chi connectivity index (χ1n) is 10.7. The number of hydrogen-bond donors (Lipinski definition) is 1. The minimum Gasteiger partial charge on any atom is -0.376 e. The zero-order valence-corrected chi connectivity index (χ0v) is 16.6. The first kappa shape index (κ1) is 18.6. The minimum absolute atomic E-state index is 0.0579. The number of hydrogen-bond acceptors (Lipinski definition) is 4. The van der Waals surface area contributed by atoms with Gasteiger partial charge in [0.15, 0.2) is 0 Å². The predicted octanol–water partition coefficient (Wildman–Crippen LogP) is 2.76. The average molecular weight is 393 g/mol. The van der Waals surface area contributed by atoms with Gasteiger partial charge in [-0.05, 0) is 43.2 Å². The van der Waals surface area contributed by atoms with E-state index in [1.54, 1.807) is 0 Å². The quantitative estimate of drug-likeness (QED) is 0.849. The smallest absolute Gasteiger partial charge is 0.260 e. The summed E-state index contributed by atoms with van der Waals surface area (Å²) in [5.41, 5.74) is 1.79. The Morgan fingerprint density at radius 3 is 2.66 bits per heavy atom. The molecule has 5 rings (SSSR count). The van der Waals surface area contributed by atoms with Crippen molar-refractivity contribution in [2.75, 3.05) is 37.8 Å². The molecule has 29 heavy (non-hydrogen) atoms. The van der Waals surface area contributed by atoms with Gasteiger partial charge in [0, 0.05) is 43.1 Å². The van der Waals surface area contributed by atoms with Gasteiger partial charge in [0.25, 0.3) is 5.91 Å². The van der Waals surface area contributed by atoms with Gasteiger partial charge >= 0.3 is 0 Å². The van der Waals surface area contributed by atoms with Gasteiger partial charge in [-0.25, -0.2) is 0 Å². The lowest BCUT2D eigenvalue weighted by Gasteiger charge is -2.34. The third kappa shape index (κ3) is 3.51. The van der Waals surface area contributed by atoms with Crippen LogP contribution < -0.4 is 10.2 Å². The lowest BCUT2D eigenvalue weighted by molar-refractivity contribution is -0.126. The number of nitrogens with one attached hydrogen (secondary N) is 1. The summed E-state index contributed by atoms with van der Waals surface area (Å²) in [5.74, 6) is 0.283. The van der Waals surface area contributed by atoms with Gasteiger partial charge in [0.2, 0.25) is 5.91 Å². The van der Waals surface area contributed by atoms with Crippen molar-refractivity contribution in [3.05, 3.63) is 42.0 Å². The molecule has 0 aliphatic carbocycles. The highest BCUT2D eigenvalue weighted by molar-refractivity contribution is 6.24. The number of rotatable bonds is 5. The number of carbonyl (C=O) groups excluding carboxylic acids is 2. The summed E-state index contributed by atoms with van der Waals surface area (Å²) < 4.78 is 5.58. The first-order chi connectivity index (χ1) is 14.2. The fourth-order valence-corrected chi connectivity index (χ4v) is 4.82. The maximum Gasteiger partial charge on any atom is 0.260 e. The van der Waals surface area contributed by atoms with E-state index in [1.807, 2.05) is 29.2 Å². The average Bonchev–Trinajstić information content (AvgIpc) is 3.37. The van der Waals surface area contributed by atoms with Crippen LogP contribution in [0.4, 0.5) is 5.69 Å². The van der Waals surface area contributed by atoms with E-state index < -0.39 is 0 Å². The zero-order chi connectivity index (χ0) is 19.8. The second-order valence-corrected chi connectivity index (χ2v) is 8.33. The van der Waals surface area contributed by atoms with E-state index in [4.69, 9.17) is 4.74 Å². The predicted molar refractivity (Wildman–Crippen MR) is 112 cm³/mol. The van der Waals surface area contributed by atoms with E-state index in [-0.39, 0.29) is 23.8 Å². The third-order valence-corrected chi connectivity index (χ3v) is 6.48. The van der Waals surface area contributed by atoms with Gasteiger partial charge in [-0.1, -0.05) is 24.3 Å².